The van der Waals surface area contributed by atoms with Crippen LogP contribution in [0.5, 0.6) is 17.2 Å². The zero-order chi connectivity index (χ0) is 25.7. The van der Waals surface area contributed by atoms with Crippen LogP contribution >= 0.6 is 0 Å². The maximum Gasteiger partial charge on any atom is 0.416 e. The molecule has 36 heavy (non-hydrogen) atoms. The van der Waals surface area contributed by atoms with Crippen molar-refractivity contribution < 1.29 is 33.3 Å². The van der Waals surface area contributed by atoms with E-state index in [2.05, 4.69) is 4.98 Å². The van der Waals surface area contributed by atoms with Crippen LogP contribution in [0.15, 0.2) is 52.9 Å². The van der Waals surface area contributed by atoms with Crippen LogP contribution in [-0.4, -0.2) is 46.8 Å². The van der Waals surface area contributed by atoms with Crippen molar-refractivity contribution in [3.05, 3.63) is 71.4 Å². The van der Waals surface area contributed by atoms with Crippen molar-refractivity contribution in [2.75, 3.05) is 13.7 Å². The molecule has 2 aromatic carbocycles. The standard InChI is InChI=1S/C27H30N2O7/c1-17-23(28-18(2)35-17)15-16-34-21-9-7-19(8-10-21)24-5-4-6-25(26(30)31)29(24)27(32)36-22-13-11-20(33-3)12-14-22/h7-14,24-25H,4-6,15-16H2,1-3H3,(H,30,31). The van der Waals surface area contributed by atoms with Crippen molar-refractivity contribution in [3.63, 3.8) is 0 Å². The Labute approximate surface area is 209 Å². The number of benzene rings is 2. The van der Waals surface area contributed by atoms with Gasteiger partial charge >= 0.3 is 12.1 Å². The van der Waals surface area contributed by atoms with E-state index < -0.39 is 24.1 Å². The number of likely N-dealkylation sites (tertiary alicyclic amines) is 1. The van der Waals surface area contributed by atoms with Gasteiger partial charge in [-0.1, -0.05) is 12.1 Å². The predicted molar refractivity (Wildman–Crippen MR) is 130 cm³/mol. The number of hydrogen-bond acceptors (Lipinski definition) is 7. The molecule has 4 rings (SSSR count). The Morgan fingerprint density at radius 1 is 1.03 bits per heavy atom. The van der Waals surface area contributed by atoms with Crippen LogP contribution in [0.4, 0.5) is 4.79 Å². The van der Waals surface area contributed by atoms with Crippen LogP contribution in [-0.2, 0) is 11.2 Å². The van der Waals surface area contributed by atoms with Crippen molar-refractivity contribution in [3.8, 4) is 17.2 Å². The first-order valence-corrected chi connectivity index (χ1v) is 11.9. The average Bonchev–Trinajstić information content (AvgIpc) is 3.20. The molecule has 9 heteroatoms. The molecule has 9 nitrogen and oxygen atoms in total. The number of aromatic nitrogens is 1. The Hall–Kier alpha value is -4.01. The number of amides is 1. The summed E-state index contributed by atoms with van der Waals surface area (Å²) in [5, 5.41) is 9.82. The molecular weight excluding hydrogens is 464 g/mol. The van der Waals surface area contributed by atoms with Gasteiger partial charge in [-0.25, -0.2) is 14.6 Å². The van der Waals surface area contributed by atoms with E-state index in [4.69, 9.17) is 18.6 Å². The number of carbonyl (C=O) groups excluding carboxylic acids is 1. The first-order valence-electron chi connectivity index (χ1n) is 11.9. The highest BCUT2D eigenvalue weighted by molar-refractivity contribution is 5.81. The van der Waals surface area contributed by atoms with Gasteiger partial charge in [0.2, 0.25) is 0 Å². The number of carboxylic acid groups (broad SMARTS) is 1. The van der Waals surface area contributed by atoms with Gasteiger partial charge in [-0.05, 0) is 68.1 Å². The van der Waals surface area contributed by atoms with Gasteiger partial charge < -0.3 is 23.7 Å². The highest BCUT2D eigenvalue weighted by Gasteiger charge is 2.40. The fourth-order valence-corrected chi connectivity index (χ4v) is 4.48. The van der Waals surface area contributed by atoms with Crippen molar-refractivity contribution >= 4 is 12.1 Å². The molecule has 0 radical (unpaired) electrons. The van der Waals surface area contributed by atoms with Crippen molar-refractivity contribution in [1.29, 1.82) is 0 Å². The molecular formula is C27H30N2O7. The summed E-state index contributed by atoms with van der Waals surface area (Å²) in [6.45, 7) is 4.13. The average molecular weight is 495 g/mol. The maximum absolute atomic E-state index is 13.2. The molecule has 0 saturated carbocycles. The van der Waals surface area contributed by atoms with Gasteiger partial charge in [-0.15, -0.1) is 0 Å². The Morgan fingerprint density at radius 2 is 1.69 bits per heavy atom. The molecule has 0 bridgehead atoms. The molecule has 1 saturated heterocycles. The van der Waals surface area contributed by atoms with Crippen molar-refractivity contribution in [2.45, 2.75) is 51.6 Å². The quantitative estimate of drug-likeness (QED) is 0.460. The van der Waals surface area contributed by atoms with E-state index in [9.17, 15) is 14.7 Å². The smallest absolute Gasteiger partial charge is 0.416 e. The van der Waals surface area contributed by atoms with Crippen LogP contribution in [0.2, 0.25) is 0 Å². The number of nitrogens with zero attached hydrogens (tertiary/aromatic N) is 2. The third-order valence-electron chi connectivity index (χ3n) is 6.26. The summed E-state index contributed by atoms with van der Waals surface area (Å²) in [6.07, 6.45) is 1.61. The second-order valence-corrected chi connectivity index (χ2v) is 8.65. The Bertz CT molecular complexity index is 1190. The minimum atomic E-state index is -1.05. The maximum atomic E-state index is 13.2. The molecule has 0 aliphatic carbocycles. The number of piperidine rings is 1. The highest BCUT2D eigenvalue weighted by atomic mass is 16.6. The van der Waals surface area contributed by atoms with E-state index in [1.54, 1.807) is 31.4 Å². The normalized spacial score (nSPS) is 17.5. The zero-order valence-electron chi connectivity index (χ0n) is 20.6. The highest BCUT2D eigenvalue weighted by Crippen LogP contribution is 2.36. The van der Waals surface area contributed by atoms with Gasteiger partial charge in [0, 0.05) is 13.3 Å². The van der Waals surface area contributed by atoms with Crippen LogP contribution in [0.25, 0.3) is 0 Å². The largest absolute Gasteiger partial charge is 0.497 e. The van der Waals surface area contributed by atoms with E-state index >= 15 is 0 Å². The lowest BCUT2D eigenvalue weighted by Crippen LogP contribution is -2.50. The number of aryl methyl sites for hydroxylation is 2. The van der Waals surface area contributed by atoms with Crippen LogP contribution in [0, 0.1) is 13.8 Å². The summed E-state index contributed by atoms with van der Waals surface area (Å²) in [5.74, 6) is 1.99. The lowest BCUT2D eigenvalue weighted by molar-refractivity contribution is -0.144. The van der Waals surface area contributed by atoms with Gasteiger partial charge in [0.25, 0.3) is 0 Å². The van der Waals surface area contributed by atoms with Crippen LogP contribution < -0.4 is 14.2 Å². The number of carboxylic acids is 1. The summed E-state index contributed by atoms with van der Waals surface area (Å²) in [6, 6.07) is 12.6. The Balaban J connectivity index is 1.46. The first kappa shape index (κ1) is 25.1. The monoisotopic (exact) mass is 494 g/mol. The molecule has 2 atom stereocenters. The molecule has 190 valence electrons. The summed E-state index contributed by atoms with van der Waals surface area (Å²) >= 11 is 0. The lowest BCUT2D eigenvalue weighted by Gasteiger charge is -2.39. The second kappa shape index (κ2) is 11.2. The van der Waals surface area contributed by atoms with Gasteiger partial charge in [-0.2, -0.15) is 0 Å². The van der Waals surface area contributed by atoms with E-state index in [1.807, 2.05) is 38.1 Å². The number of methoxy groups -OCH3 is 1. The second-order valence-electron chi connectivity index (χ2n) is 8.65. The molecule has 1 aromatic heterocycles. The molecule has 3 aromatic rings. The van der Waals surface area contributed by atoms with E-state index in [0.29, 0.717) is 55.4 Å². The van der Waals surface area contributed by atoms with E-state index in [1.165, 1.54) is 4.90 Å². The van der Waals surface area contributed by atoms with E-state index in [0.717, 1.165) is 17.0 Å². The molecule has 1 N–H and O–H groups in total. The fourth-order valence-electron chi connectivity index (χ4n) is 4.48. The molecule has 1 aliphatic heterocycles. The number of carbonyl (C=O) groups is 2. The topological polar surface area (TPSA) is 111 Å². The molecule has 2 heterocycles. The van der Waals surface area contributed by atoms with Crippen molar-refractivity contribution in [1.82, 2.24) is 9.88 Å². The third kappa shape index (κ3) is 5.79. The van der Waals surface area contributed by atoms with Crippen molar-refractivity contribution in [2.24, 2.45) is 0 Å². The van der Waals surface area contributed by atoms with E-state index in [-0.39, 0.29) is 0 Å². The van der Waals surface area contributed by atoms with Gasteiger partial charge in [0.15, 0.2) is 5.89 Å². The molecule has 1 aliphatic rings. The number of ether oxygens (including phenoxy) is 3. The minimum Gasteiger partial charge on any atom is -0.497 e. The predicted octanol–water partition coefficient (Wildman–Crippen LogP) is 5.10. The third-order valence-corrected chi connectivity index (χ3v) is 6.26. The zero-order valence-corrected chi connectivity index (χ0v) is 20.6. The lowest BCUT2D eigenvalue weighted by atomic mass is 9.91. The van der Waals surface area contributed by atoms with Gasteiger partial charge in [-0.3, -0.25) is 4.90 Å². The summed E-state index contributed by atoms with van der Waals surface area (Å²) in [7, 11) is 1.55. The fraction of sp³-hybridized carbons (Fsp3) is 0.370. The summed E-state index contributed by atoms with van der Waals surface area (Å²) in [4.78, 5) is 30.8. The number of oxazole rings is 1. The number of aliphatic carboxylic acids is 1. The van der Waals surface area contributed by atoms with Crippen LogP contribution in [0.1, 0.15) is 48.2 Å². The first-order chi connectivity index (χ1) is 17.4. The molecule has 2 unspecified atom stereocenters. The number of rotatable bonds is 8. The molecule has 1 amide bonds. The molecule has 1 fully saturated rings. The molecule has 0 spiro atoms. The SMILES string of the molecule is COc1ccc(OC(=O)N2C(C(=O)O)CCCC2c2ccc(OCCc3nc(C)oc3C)cc2)cc1. The summed E-state index contributed by atoms with van der Waals surface area (Å²) < 4.78 is 22.0. The Morgan fingerprint density at radius 3 is 2.31 bits per heavy atom. The summed E-state index contributed by atoms with van der Waals surface area (Å²) in [5.41, 5.74) is 1.69. The van der Waals surface area contributed by atoms with Crippen LogP contribution in [0.3, 0.4) is 0 Å². The minimum absolute atomic E-state index is 0.315. The Kier molecular flexibility index (Phi) is 7.77. The van der Waals surface area contributed by atoms with Gasteiger partial charge in [0.05, 0.1) is 25.5 Å². The number of hydrogen-bond donors (Lipinski definition) is 1. The van der Waals surface area contributed by atoms with Gasteiger partial charge in [0.1, 0.15) is 29.1 Å².